The number of carbonyl (C=O) groups is 2. The average molecular weight is 578 g/mol. The van der Waals surface area contributed by atoms with Gasteiger partial charge in [-0.3, -0.25) is 14.6 Å². The Morgan fingerprint density at radius 3 is 2.41 bits per heavy atom. The molecule has 2 aromatic heterocycles. The van der Waals surface area contributed by atoms with E-state index in [0.29, 0.717) is 41.0 Å². The van der Waals surface area contributed by atoms with Gasteiger partial charge < -0.3 is 25.4 Å². The molecule has 5 N–H and O–H groups in total. The second-order valence-corrected chi connectivity index (χ2v) is 10.9. The molecule has 2 aromatic carbocycles. The SMILES string of the molecule is COc1ncc(-c2ccc3c(Nc4cc(C(=O)N5CCCC5)cc(S(N)(=O)=O)c4)c(C(N)=O)cnc3c2)c(OC)n1. The Morgan fingerprint density at radius 1 is 1.00 bits per heavy atom. The van der Waals surface area contributed by atoms with Crippen LogP contribution in [0.15, 0.2) is 53.7 Å². The predicted octanol–water partition coefficient (Wildman–Crippen LogP) is 2.43. The Kier molecular flexibility index (Phi) is 7.43. The molecule has 5 rings (SSSR count). The lowest BCUT2D eigenvalue weighted by Crippen LogP contribution is -2.28. The lowest BCUT2D eigenvalue weighted by molar-refractivity contribution is 0.0792. The van der Waals surface area contributed by atoms with Crippen LogP contribution in [0.5, 0.6) is 11.9 Å². The number of nitrogens with one attached hydrogen (secondary N) is 1. The Bertz CT molecular complexity index is 1790. The van der Waals surface area contributed by atoms with Gasteiger partial charge in [0, 0.05) is 42.1 Å². The zero-order valence-electron chi connectivity index (χ0n) is 22.2. The summed E-state index contributed by atoms with van der Waals surface area (Å²) < 4.78 is 35.1. The zero-order chi connectivity index (χ0) is 29.3. The van der Waals surface area contributed by atoms with Crippen LogP contribution in [0.4, 0.5) is 11.4 Å². The minimum absolute atomic E-state index is 0.0593. The third-order valence-electron chi connectivity index (χ3n) is 6.70. The van der Waals surface area contributed by atoms with Crippen molar-refractivity contribution in [3.8, 4) is 23.0 Å². The Labute approximate surface area is 235 Å². The number of benzene rings is 2. The van der Waals surface area contributed by atoms with Gasteiger partial charge in [-0.2, -0.15) is 4.98 Å². The number of nitrogens with zero attached hydrogens (tertiary/aromatic N) is 4. The highest BCUT2D eigenvalue weighted by Crippen LogP contribution is 2.35. The molecule has 4 aromatic rings. The Hall–Kier alpha value is -4.82. The first-order valence-corrected chi connectivity index (χ1v) is 14.1. The van der Waals surface area contributed by atoms with E-state index in [2.05, 4.69) is 20.3 Å². The van der Waals surface area contributed by atoms with Gasteiger partial charge in [-0.15, -0.1) is 0 Å². The fraction of sp³-hybridized carbons (Fsp3) is 0.222. The van der Waals surface area contributed by atoms with E-state index in [9.17, 15) is 18.0 Å². The van der Waals surface area contributed by atoms with Gasteiger partial charge in [-0.05, 0) is 42.7 Å². The quantitative estimate of drug-likeness (QED) is 0.280. The van der Waals surface area contributed by atoms with Crippen molar-refractivity contribution in [2.45, 2.75) is 17.7 Å². The maximum atomic E-state index is 13.1. The number of carbonyl (C=O) groups excluding carboxylic acids is 2. The van der Waals surface area contributed by atoms with E-state index in [0.717, 1.165) is 12.8 Å². The van der Waals surface area contributed by atoms with Crippen LogP contribution in [0, 0.1) is 0 Å². The first-order valence-electron chi connectivity index (χ1n) is 12.5. The summed E-state index contributed by atoms with van der Waals surface area (Å²) in [6.45, 7) is 1.16. The lowest BCUT2D eigenvalue weighted by atomic mass is 10.0. The van der Waals surface area contributed by atoms with Gasteiger partial charge in [0.05, 0.1) is 41.4 Å². The number of methoxy groups -OCH3 is 2. The molecule has 0 atom stereocenters. The number of sulfonamides is 1. The predicted molar refractivity (Wildman–Crippen MR) is 151 cm³/mol. The van der Waals surface area contributed by atoms with Gasteiger partial charge in [-0.25, -0.2) is 18.5 Å². The number of amides is 2. The van der Waals surface area contributed by atoms with E-state index in [-0.39, 0.29) is 39.3 Å². The number of hydrogen-bond acceptors (Lipinski definition) is 10. The molecule has 0 aliphatic carbocycles. The van der Waals surface area contributed by atoms with E-state index in [1.807, 2.05) is 0 Å². The molecular formula is C27H27N7O6S. The van der Waals surface area contributed by atoms with Crippen molar-refractivity contribution in [3.05, 3.63) is 59.9 Å². The van der Waals surface area contributed by atoms with Crippen molar-refractivity contribution in [1.82, 2.24) is 19.9 Å². The monoisotopic (exact) mass is 577 g/mol. The third kappa shape index (κ3) is 5.60. The zero-order valence-corrected chi connectivity index (χ0v) is 23.1. The van der Waals surface area contributed by atoms with E-state index < -0.39 is 15.9 Å². The molecule has 1 aliphatic rings. The molecule has 0 bridgehead atoms. The highest BCUT2D eigenvalue weighted by molar-refractivity contribution is 7.89. The number of likely N-dealkylation sites (tertiary alicyclic amines) is 1. The minimum Gasteiger partial charge on any atom is -0.480 e. The number of fused-ring (bicyclic) bond motifs is 1. The summed E-state index contributed by atoms with van der Waals surface area (Å²) in [5.41, 5.74) is 8.11. The number of anilines is 2. The van der Waals surface area contributed by atoms with Crippen LogP contribution < -0.4 is 25.7 Å². The van der Waals surface area contributed by atoms with E-state index >= 15 is 0 Å². The van der Waals surface area contributed by atoms with Crippen molar-refractivity contribution in [1.29, 1.82) is 0 Å². The molecule has 13 nitrogen and oxygen atoms in total. The molecule has 0 spiro atoms. The summed E-state index contributed by atoms with van der Waals surface area (Å²) in [7, 11) is -1.24. The average Bonchev–Trinajstić information content (AvgIpc) is 3.50. The van der Waals surface area contributed by atoms with Crippen molar-refractivity contribution >= 4 is 44.1 Å². The van der Waals surface area contributed by atoms with Gasteiger partial charge in [0.2, 0.25) is 15.9 Å². The van der Waals surface area contributed by atoms with Crippen LogP contribution in [0.25, 0.3) is 22.0 Å². The summed E-state index contributed by atoms with van der Waals surface area (Å²) in [5.74, 6) is -0.781. The number of primary amides is 1. The maximum absolute atomic E-state index is 13.1. The summed E-state index contributed by atoms with van der Waals surface area (Å²) in [4.78, 5) is 39.7. The standard InChI is InChI=1S/C27H27N7O6S/c1-39-25-20(13-31-27(33-25)40-2)15-5-6-19-22(11-15)30-14-21(24(28)35)23(19)32-17-9-16(10-18(12-17)41(29,37)38)26(36)34-7-3-4-8-34/h5-6,9-14H,3-4,7-8H2,1-2H3,(H2,28,35)(H,30,32)(H2,29,37,38). The highest BCUT2D eigenvalue weighted by Gasteiger charge is 2.23. The second kappa shape index (κ2) is 11.0. The fourth-order valence-electron chi connectivity index (χ4n) is 4.69. The normalized spacial score (nSPS) is 13.3. The number of rotatable bonds is 8. The summed E-state index contributed by atoms with van der Waals surface area (Å²) >= 11 is 0. The largest absolute Gasteiger partial charge is 0.480 e. The number of primary sulfonamides is 1. The molecule has 2 amide bonds. The van der Waals surface area contributed by atoms with Gasteiger partial charge in [0.15, 0.2) is 0 Å². The van der Waals surface area contributed by atoms with Gasteiger partial charge in [0.1, 0.15) is 0 Å². The fourth-order valence-corrected chi connectivity index (χ4v) is 5.27. The molecule has 0 unspecified atom stereocenters. The van der Waals surface area contributed by atoms with Gasteiger partial charge in [0.25, 0.3) is 11.8 Å². The van der Waals surface area contributed by atoms with E-state index in [1.54, 1.807) is 29.3 Å². The minimum atomic E-state index is -4.16. The molecule has 0 saturated carbocycles. The van der Waals surface area contributed by atoms with Gasteiger partial charge >= 0.3 is 6.01 Å². The molecule has 1 fully saturated rings. The molecule has 14 heteroatoms. The summed E-state index contributed by atoms with van der Waals surface area (Å²) in [6, 6.07) is 9.43. The van der Waals surface area contributed by atoms with Gasteiger partial charge in [-0.1, -0.05) is 12.1 Å². The number of nitrogens with two attached hydrogens (primary N) is 2. The van der Waals surface area contributed by atoms with Crippen LogP contribution in [-0.4, -0.2) is 67.4 Å². The maximum Gasteiger partial charge on any atom is 0.319 e. The van der Waals surface area contributed by atoms with Crippen molar-refractivity contribution in [2.24, 2.45) is 10.9 Å². The van der Waals surface area contributed by atoms with Crippen LogP contribution in [-0.2, 0) is 10.0 Å². The molecule has 41 heavy (non-hydrogen) atoms. The molecule has 0 radical (unpaired) electrons. The molecular weight excluding hydrogens is 550 g/mol. The van der Waals surface area contributed by atoms with Crippen molar-refractivity contribution < 1.29 is 27.5 Å². The molecule has 1 aliphatic heterocycles. The molecule has 1 saturated heterocycles. The van der Waals surface area contributed by atoms with Crippen LogP contribution >= 0.6 is 0 Å². The van der Waals surface area contributed by atoms with E-state index in [4.69, 9.17) is 20.3 Å². The molecule has 3 heterocycles. The third-order valence-corrected chi connectivity index (χ3v) is 7.59. The van der Waals surface area contributed by atoms with Crippen molar-refractivity contribution in [3.63, 3.8) is 0 Å². The topological polar surface area (TPSA) is 193 Å². The number of pyridine rings is 1. The first kappa shape index (κ1) is 27.7. The number of aromatic nitrogens is 3. The summed E-state index contributed by atoms with van der Waals surface area (Å²) in [5, 5.41) is 9.03. The second-order valence-electron chi connectivity index (χ2n) is 9.34. The van der Waals surface area contributed by atoms with Crippen molar-refractivity contribution in [2.75, 3.05) is 32.6 Å². The summed E-state index contributed by atoms with van der Waals surface area (Å²) in [6.07, 6.45) is 4.61. The number of ether oxygens (including phenoxy) is 2. The Morgan fingerprint density at radius 2 is 1.76 bits per heavy atom. The van der Waals surface area contributed by atoms with Crippen LogP contribution in [0.1, 0.15) is 33.6 Å². The van der Waals surface area contributed by atoms with E-state index in [1.165, 1.54) is 38.6 Å². The first-order chi connectivity index (χ1) is 19.6. The highest BCUT2D eigenvalue weighted by atomic mass is 32.2. The molecule has 212 valence electrons. The van der Waals surface area contributed by atoms with Crippen LogP contribution in [0.2, 0.25) is 0 Å². The smallest absolute Gasteiger partial charge is 0.319 e. The number of hydrogen-bond donors (Lipinski definition) is 3. The Balaban J connectivity index is 1.62. The van der Waals surface area contributed by atoms with Crippen LogP contribution in [0.3, 0.4) is 0 Å². The lowest BCUT2D eigenvalue weighted by Gasteiger charge is -2.18.